The van der Waals surface area contributed by atoms with Crippen LogP contribution < -0.4 is 0 Å². The highest BCUT2D eigenvalue weighted by Crippen LogP contribution is 2.37. The van der Waals surface area contributed by atoms with Gasteiger partial charge in [0.1, 0.15) is 0 Å². The molecule has 102 valence electrons. The Morgan fingerprint density at radius 3 is 1.94 bits per heavy atom. The van der Waals surface area contributed by atoms with Crippen LogP contribution in [0.4, 0.5) is 0 Å². The van der Waals surface area contributed by atoms with Gasteiger partial charge in [0.05, 0.1) is 0 Å². The number of halogens is 4. The van der Waals surface area contributed by atoms with E-state index in [4.69, 9.17) is 46.4 Å². The van der Waals surface area contributed by atoms with Gasteiger partial charge >= 0.3 is 0 Å². The summed E-state index contributed by atoms with van der Waals surface area (Å²) in [4.78, 5) is 0. The molecule has 1 aromatic rings. The highest BCUT2D eigenvalue weighted by atomic mass is 35.5. The molecule has 1 aromatic carbocycles. The molecule has 0 aromatic heterocycles. The van der Waals surface area contributed by atoms with Crippen molar-refractivity contribution in [3.8, 4) is 0 Å². The lowest BCUT2D eigenvalue weighted by molar-refractivity contribution is 0.295. The Bertz CT molecular complexity index is 363. The first-order valence-electron chi connectivity index (χ1n) is 5.99. The van der Waals surface area contributed by atoms with Gasteiger partial charge in [-0.1, -0.05) is 43.1 Å². The lowest BCUT2D eigenvalue weighted by Crippen LogP contribution is -2.30. The SMILES string of the molecule is CC(C)CC(CCl)(CCl)Cc1c(Cl)cccc1Cl. The van der Waals surface area contributed by atoms with Crippen LogP contribution >= 0.6 is 46.4 Å². The second-order valence-corrected chi connectivity index (χ2v) is 6.59. The standard InChI is InChI=1S/C14H18Cl4/c1-10(2)6-14(8-15,9-16)7-11-12(17)4-3-5-13(11)18/h3-5,10H,6-9H2,1-2H3. The van der Waals surface area contributed by atoms with Gasteiger partial charge in [-0.3, -0.25) is 0 Å². The largest absolute Gasteiger partial charge is 0.126 e. The predicted molar refractivity (Wildman–Crippen MR) is 83.5 cm³/mol. The van der Waals surface area contributed by atoms with E-state index in [2.05, 4.69) is 13.8 Å². The third-order valence-corrected chi connectivity index (χ3v) is 4.86. The van der Waals surface area contributed by atoms with E-state index in [1.54, 1.807) is 0 Å². The van der Waals surface area contributed by atoms with Gasteiger partial charge in [0, 0.05) is 27.2 Å². The summed E-state index contributed by atoms with van der Waals surface area (Å²) in [6.07, 6.45) is 1.68. The molecule has 0 radical (unpaired) electrons. The first-order valence-corrected chi connectivity index (χ1v) is 7.81. The number of benzene rings is 1. The smallest absolute Gasteiger partial charge is 0.0453 e. The fourth-order valence-corrected chi connectivity index (χ4v) is 3.48. The third kappa shape index (κ3) is 4.20. The Labute approximate surface area is 130 Å². The van der Waals surface area contributed by atoms with E-state index < -0.39 is 0 Å². The maximum absolute atomic E-state index is 6.22. The summed E-state index contributed by atoms with van der Waals surface area (Å²) in [5.41, 5.74) is 0.800. The van der Waals surface area contributed by atoms with Crippen LogP contribution in [0.1, 0.15) is 25.8 Å². The molecule has 0 N–H and O–H groups in total. The topological polar surface area (TPSA) is 0 Å². The van der Waals surface area contributed by atoms with Gasteiger partial charge < -0.3 is 0 Å². The molecule has 0 bridgehead atoms. The van der Waals surface area contributed by atoms with E-state index in [0.29, 0.717) is 27.7 Å². The van der Waals surface area contributed by atoms with Crippen molar-refractivity contribution in [3.63, 3.8) is 0 Å². The van der Waals surface area contributed by atoms with Crippen LogP contribution in [-0.2, 0) is 6.42 Å². The van der Waals surface area contributed by atoms with Crippen molar-refractivity contribution in [3.05, 3.63) is 33.8 Å². The van der Waals surface area contributed by atoms with Crippen LogP contribution in [0.3, 0.4) is 0 Å². The Balaban J connectivity index is 3.03. The molecule has 0 unspecified atom stereocenters. The second-order valence-electron chi connectivity index (χ2n) is 5.24. The fraction of sp³-hybridized carbons (Fsp3) is 0.571. The van der Waals surface area contributed by atoms with Crippen molar-refractivity contribution < 1.29 is 0 Å². The van der Waals surface area contributed by atoms with Gasteiger partial charge in [-0.15, -0.1) is 23.2 Å². The molecule has 1 rings (SSSR count). The van der Waals surface area contributed by atoms with E-state index in [1.165, 1.54) is 0 Å². The average molecular weight is 328 g/mol. The van der Waals surface area contributed by atoms with Gasteiger partial charge in [0.15, 0.2) is 0 Å². The minimum Gasteiger partial charge on any atom is -0.126 e. The molecule has 0 aliphatic heterocycles. The number of hydrogen-bond acceptors (Lipinski definition) is 0. The molecular weight excluding hydrogens is 310 g/mol. The van der Waals surface area contributed by atoms with Crippen molar-refractivity contribution in [1.82, 2.24) is 0 Å². The Kier molecular flexibility index (Phi) is 6.61. The van der Waals surface area contributed by atoms with E-state index >= 15 is 0 Å². The van der Waals surface area contributed by atoms with Crippen LogP contribution in [0.15, 0.2) is 18.2 Å². The van der Waals surface area contributed by atoms with Crippen molar-refractivity contribution in [2.24, 2.45) is 11.3 Å². The zero-order valence-corrected chi connectivity index (χ0v) is 13.7. The van der Waals surface area contributed by atoms with Crippen LogP contribution in [0, 0.1) is 11.3 Å². The zero-order valence-electron chi connectivity index (χ0n) is 10.6. The fourth-order valence-electron chi connectivity index (χ4n) is 2.25. The van der Waals surface area contributed by atoms with E-state index in [0.717, 1.165) is 18.4 Å². The second kappa shape index (κ2) is 7.24. The molecule has 0 amide bonds. The van der Waals surface area contributed by atoms with Gasteiger partial charge in [-0.05, 0) is 36.5 Å². The lowest BCUT2D eigenvalue weighted by atomic mass is 9.78. The monoisotopic (exact) mass is 326 g/mol. The molecule has 0 aliphatic rings. The Hall–Kier alpha value is 0.380. The van der Waals surface area contributed by atoms with Crippen LogP contribution in [0.25, 0.3) is 0 Å². The first kappa shape index (κ1) is 16.4. The molecule has 0 saturated carbocycles. The highest BCUT2D eigenvalue weighted by Gasteiger charge is 2.31. The van der Waals surface area contributed by atoms with E-state index in [1.807, 2.05) is 18.2 Å². The molecule has 0 nitrogen and oxygen atoms in total. The lowest BCUT2D eigenvalue weighted by Gasteiger charge is -2.32. The van der Waals surface area contributed by atoms with Crippen molar-refractivity contribution in [2.45, 2.75) is 26.7 Å². The number of rotatable bonds is 6. The maximum Gasteiger partial charge on any atom is 0.0453 e. The van der Waals surface area contributed by atoms with E-state index in [9.17, 15) is 0 Å². The summed E-state index contributed by atoms with van der Waals surface area (Å²) in [6.45, 7) is 4.34. The summed E-state index contributed by atoms with van der Waals surface area (Å²) in [7, 11) is 0. The minimum absolute atomic E-state index is 0.147. The number of alkyl halides is 2. The van der Waals surface area contributed by atoms with Crippen molar-refractivity contribution >= 4 is 46.4 Å². The Morgan fingerprint density at radius 1 is 1.06 bits per heavy atom. The molecule has 0 saturated heterocycles. The molecule has 0 aliphatic carbocycles. The van der Waals surface area contributed by atoms with Crippen molar-refractivity contribution in [1.29, 1.82) is 0 Å². The van der Waals surface area contributed by atoms with Crippen LogP contribution in [0.5, 0.6) is 0 Å². The highest BCUT2D eigenvalue weighted by molar-refractivity contribution is 6.36. The van der Waals surface area contributed by atoms with Gasteiger partial charge in [-0.25, -0.2) is 0 Å². The maximum atomic E-state index is 6.22. The summed E-state index contributed by atoms with van der Waals surface area (Å²) < 4.78 is 0. The summed E-state index contributed by atoms with van der Waals surface area (Å²) in [5, 5.41) is 1.37. The number of hydrogen-bond donors (Lipinski definition) is 0. The summed E-state index contributed by atoms with van der Waals surface area (Å²) >= 11 is 24.7. The molecule has 0 atom stereocenters. The average Bonchev–Trinajstić information content (AvgIpc) is 2.32. The molecule has 0 spiro atoms. The minimum atomic E-state index is -0.147. The third-order valence-electron chi connectivity index (χ3n) is 3.02. The molecule has 18 heavy (non-hydrogen) atoms. The quantitative estimate of drug-likeness (QED) is 0.558. The summed E-state index contributed by atoms with van der Waals surface area (Å²) in [5.74, 6) is 1.55. The first-order chi connectivity index (χ1) is 8.44. The molecule has 4 heteroatoms. The Morgan fingerprint density at radius 2 is 1.56 bits per heavy atom. The normalized spacial score (nSPS) is 12.2. The van der Waals surface area contributed by atoms with E-state index in [-0.39, 0.29) is 5.41 Å². The molecule has 0 heterocycles. The summed E-state index contributed by atoms with van der Waals surface area (Å²) in [6, 6.07) is 5.55. The van der Waals surface area contributed by atoms with Gasteiger partial charge in [-0.2, -0.15) is 0 Å². The van der Waals surface area contributed by atoms with Crippen LogP contribution in [0.2, 0.25) is 10.0 Å². The molecular formula is C14H18Cl4. The zero-order chi connectivity index (χ0) is 13.8. The molecule has 0 fully saturated rings. The van der Waals surface area contributed by atoms with Crippen molar-refractivity contribution in [2.75, 3.05) is 11.8 Å². The van der Waals surface area contributed by atoms with Crippen LogP contribution in [-0.4, -0.2) is 11.8 Å². The van der Waals surface area contributed by atoms with Gasteiger partial charge in [0.25, 0.3) is 0 Å². The predicted octanol–water partition coefficient (Wildman–Crippen LogP) is 6.05. The van der Waals surface area contributed by atoms with Gasteiger partial charge in [0.2, 0.25) is 0 Å².